The molecule has 0 saturated carbocycles. The fourth-order valence-electron chi connectivity index (χ4n) is 2.87. The van der Waals surface area contributed by atoms with E-state index in [1.807, 2.05) is 10.6 Å². The third-order valence-electron chi connectivity index (χ3n) is 3.83. The minimum Gasteiger partial charge on any atom is -0.306 e. The number of nitrogens with zero attached hydrogens (tertiary/aromatic N) is 4. The van der Waals surface area contributed by atoms with Gasteiger partial charge in [-0.2, -0.15) is 0 Å². The van der Waals surface area contributed by atoms with Crippen LogP contribution in [0.5, 0.6) is 0 Å². The number of aldehydes is 1. The monoisotopic (exact) mass is 258 g/mol. The first-order chi connectivity index (χ1) is 9.26. The number of piperidine rings is 1. The Morgan fingerprint density at radius 2 is 2.37 bits per heavy atom. The molecule has 0 spiro atoms. The summed E-state index contributed by atoms with van der Waals surface area (Å²) < 4.78 is 1.99. The molecule has 2 aromatic rings. The first kappa shape index (κ1) is 12.3. The molecule has 0 bridgehead atoms. The van der Waals surface area contributed by atoms with Crippen molar-refractivity contribution in [1.82, 2.24) is 19.5 Å². The van der Waals surface area contributed by atoms with E-state index in [2.05, 4.69) is 22.1 Å². The van der Waals surface area contributed by atoms with Gasteiger partial charge in [-0.1, -0.05) is 0 Å². The van der Waals surface area contributed by atoms with Gasteiger partial charge in [0, 0.05) is 24.7 Å². The molecule has 3 rings (SSSR count). The molecule has 5 nitrogen and oxygen atoms in total. The highest BCUT2D eigenvalue weighted by molar-refractivity contribution is 5.76. The number of pyridine rings is 1. The molecular formula is C14H18N4O. The van der Waals surface area contributed by atoms with Gasteiger partial charge in [-0.05, 0) is 44.5 Å². The van der Waals surface area contributed by atoms with Gasteiger partial charge in [0.1, 0.15) is 12.1 Å². The summed E-state index contributed by atoms with van der Waals surface area (Å²) in [6.07, 6.45) is 6.19. The molecule has 1 aliphatic rings. The van der Waals surface area contributed by atoms with Crippen LogP contribution in [0.1, 0.15) is 29.0 Å². The van der Waals surface area contributed by atoms with Crippen LogP contribution in [0.3, 0.4) is 0 Å². The summed E-state index contributed by atoms with van der Waals surface area (Å²) in [5, 5.41) is 8.42. The lowest BCUT2D eigenvalue weighted by Crippen LogP contribution is -2.33. The van der Waals surface area contributed by atoms with Gasteiger partial charge in [-0.15, -0.1) is 10.2 Å². The average molecular weight is 258 g/mol. The van der Waals surface area contributed by atoms with E-state index in [1.54, 1.807) is 12.1 Å². The van der Waals surface area contributed by atoms with Crippen molar-refractivity contribution in [2.75, 3.05) is 20.1 Å². The Bertz CT molecular complexity index is 592. The number of fused-ring (bicyclic) bond motifs is 1. The molecule has 3 heterocycles. The summed E-state index contributed by atoms with van der Waals surface area (Å²) in [4.78, 5) is 13.1. The van der Waals surface area contributed by atoms with Crippen molar-refractivity contribution in [3.63, 3.8) is 0 Å². The molecule has 0 aromatic carbocycles. The topological polar surface area (TPSA) is 50.5 Å². The van der Waals surface area contributed by atoms with Gasteiger partial charge in [-0.25, -0.2) is 0 Å². The van der Waals surface area contributed by atoms with Crippen molar-refractivity contribution in [1.29, 1.82) is 0 Å². The van der Waals surface area contributed by atoms with Crippen LogP contribution < -0.4 is 0 Å². The third-order valence-corrected chi connectivity index (χ3v) is 3.83. The predicted octanol–water partition coefficient (Wildman–Crippen LogP) is 1.43. The van der Waals surface area contributed by atoms with E-state index in [9.17, 15) is 4.79 Å². The van der Waals surface area contributed by atoms with E-state index in [0.717, 1.165) is 30.7 Å². The van der Waals surface area contributed by atoms with Crippen molar-refractivity contribution in [2.45, 2.75) is 19.3 Å². The molecule has 19 heavy (non-hydrogen) atoms. The zero-order valence-electron chi connectivity index (χ0n) is 11.1. The van der Waals surface area contributed by atoms with Crippen LogP contribution in [-0.4, -0.2) is 45.9 Å². The first-order valence-electron chi connectivity index (χ1n) is 6.73. The van der Waals surface area contributed by atoms with Crippen LogP contribution >= 0.6 is 0 Å². The summed E-state index contributed by atoms with van der Waals surface area (Å²) in [7, 11) is 2.17. The summed E-state index contributed by atoms with van der Waals surface area (Å²) in [6, 6.07) is 3.58. The lowest BCUT2D eigenvalue weighted by molar-refractivity contribution is 0.112. The Morgan fingerprint density at radius 3 is 3.16 bits per heavy atom. The maximum Gasteiger partial charge on any atom is 0.161 e. The molecule has 0 aliphatic carbocycles. The van der Waals surface area contributed by atoms with E-state index in [4.69, 9.17) is 0 Å². The lowest BCUT2D eigenvalue weighted by Gasteiger charge is -2.29. The molecule has 2 aromatic heterocycles. The van der Waals surface area contributed by atoms with E-state index < -0.39 is 0 Å². The van der Waals surface area contributed by atoms with Crippen LogP contribution in [0.2, 0.25) is 0 Å². The molecular weight excluding hydrogens is 240 g/mol. The minimum atomic E-state index is 0.642. The Balaban J connectivity index is 1.83. The quantitative estimate of drug-likeness (QED) is 0.781. The van der Waals surface area contributed by atoms with Crippen LogP contribution in [0.4, 0.5) is 0 Å². The molecule has 1 saturated heterocycles. The van der Waals surface area contributed by atoms with Crippen molar-refractivity contribution in [3.05, 3.63) is 29.7 Å². The zero-order chi connectivity index (χ0) is 13.2. The molecule has 100 valence electrons. The van der Waals surface area contributed by atoms with Crippen molar-refractivity contribution in [2.24, 2.45) is 5.92 Å². The second kappa shape index (κ2) is 5.09. The SMILES string of the molecule is CN1CCCC(Cc2nnc3cc(C=O)ccn23)C1. The Labute approximate surface area is 112 Å². The molecule has 0 radical (unpaired) electrons. The smallest absolute Gasteiger partial charge is 0.161 e. The fraction of sp³-hybridized carbons (Fsp3) is 0.500. The maximum absolute atomic E-state index is 10.7. The van der Waals surface area contributed by atoms with Crippen LogP contribution in [0.25, 0.3) is 5.65 Å². The Kier molecular flexibility index (Phi) is 3.29. The van der Waals surface area contributed by atoms with Gasteiger partial charge in [0.2, 0.25) is 0 Å². The number of rotatable bonds is 3. The molecule has 0 amide bonds. The van der Waals surface area contributed by atoms with Gasteiger partial charge in [0.05, 0.1) is 0 Å². The van der Waals surface area contributed by atoms with Gasteiger partial charge < -0.3 is 4.90 Å². The van der Waals surface area contributed by atoms with Gasteiger partial charge in [-0.3, -0.25) is 9.20 Å². The normalized spacial score (nSPS) is 20.8. The summed E-state index contributed by atoms with van der Waals surface area (Å²) in [5.74, 6) is 1.64. The highest BCUT2D eigenvalue weighted by Gasteiger charge is 2.19. The molecule has 1 aliphatic heterocycles. The van der Waals surface area contributed by atoms with Gasteiger partial charge in [0.25, 0.3) is 0 Å². The standard InChI is InChI=1S/C14H18N4O/c1-17-5-2-3-11(9-17)7-13-15-16-14-8-12(10-19)4-6-18(13)14/h4,6,8,10-11H,2-3,5,7,9H2,1H3. The summed E-state index contributed by atoms with van der Waals surface area (Å²) >= 11 is 0. The van der Waals surface area contributed by atoms with Crippen LogP contribution in [0.15, 0.2) is 18.3 Å². The second-order valence-electron chi connectivity index (χ2n) is 5.40. The first-order valence-corrected chi connectivity index (χ1v) is 6.73. The number of hydrogen-bond donors (Lipinski definition) is 0. The van der Waals surface area contributed by atoms with Crippen LogP contribution in [0, 0.1) is 5.92 Å². The van der Waals surface area contributed by atoms with E-state index >= 15 is 0 Å². The average Bonchev–Trinajstić information content (AvgIpc) is 2.81. The van der Waals surface area contributed by atoms with Gasteiger partial charge >= 0.3 is 0 Å². The van der Waals surface area contributed by atoms with E-state index in [0.29, 0.717) is 11.5 Å². The van der Waals surface area contributed by atoms with Crippen LogP contribution in [-0.2, 0) is 6.42 Å². The number of likely N-dealkylation sites (tertiary alicyclic amines) is 1. The lowest BCUT2D eigenvalue weighted by atomic mass is 9.95. The Morgan fingerprint density at radius 1 is 1.47 bits per heavy atom. The predicted molar refractivity (Wildman–Crippen MR) is 72.3 cm³/mol. The minimum absolute atomic E-state index is 0.642. The Hall–Kier alpha value is -1.75. The van der Waals surface area contributed by atoms with Crippen molar-refractivity contribution >= 4 is 11.9 Å². The second-order valence-corrected chi connectivity index (χ2v) is 5.40. The van der Waals surface area contributed by atoms with Gasteiger partial charge in [0.15, 0.2) is 5.65 Å². The summed E-state index contributed by atoms with van der Waals surface area (Å²) in [5.41, 5.74) is 1.40. The number of hydrogen-bond acceptors (Lipinski definition) is 4. The maximum atomic E-state index is 10.7. The molecule has 1 unspecified atom stereocenters. The molecule has 0 N–H and O–H groups in total. The van der Waals surface area contributed by atoms with E-state index in [-0.39, 0.29) is 0 Å². The number of carbonyl (C=O) groups excluding carboxylic acids is 1. The van der Waals surface area contributed by atoms with E-state index in [1.165, 1.54) is 19.4 Å². The number of aromatic nitrogens is 3. The largest absolute Gasteiger partial charge is 0.306 e. The number of carbonyl (C=O) groups is 1. The third kappa shape index (κ3) is 2.51. The summed E-state index contributed by atoms with van der Waals surface area (Å²) in [6.45, 7) is 2.32. The zero-order valence-corrected chi connectivity index (χ0v) is 11.1. The van der Waals surface area contributed by atoms with Crippen molar-refractivity contribution < 1.29 is 4.79 Å². The molecule has 1 fully saturated rings. The molecule has 5 heteroatoms. The highest BCUT2D eigenvalue weighted by Crippen LogP contribution is 2.19. The fourth-order valence-corrected chi connectivity index (χ4v) is 2.87. The van der Waals surface area contributed by atoms with Crippen molar-refractivity contribution in [3.8, 4) is 0 Å². The highest BCUT2D eigenvalue weighted by atomic mass is 16.1. The molecule has 1 atom stereocenters.